The lowest BCUT2D eigenvalue weighted by molar-refractivity contribution is -0.274. The number of aromatic nitrogens is 4. The fourth-order valence-corrected chi connectivity index (χ4v) is 7.52. The first-order valence-corrected chi connectivity index (χ1v) is 19.9. The number of nitrogens with one attached hydrogen (secondary N) is 2. The van der Waals surface area contributed by atoms with Crippen LogP contribution in [0.3, 0.4) is 0 Å². The van der Waals surface area contributed by atoms with Gasteiger partial charge in [-0.1, -0.05) is 54.9 Å². The minimum absolute atomic E-state index is 0.200. The Hall–Kier alpha value is -5.44. The number of hydrogen-bond acceptors (Lipinski definition) is 9. The van der Waals surface area contributed by atoms with E-state index < -0.39 is 6.36 Å². The van der Waals surface area contributed by atoms with Gasteiger partial charge in [-0.05, 0) is 84.8 Å². The summed E-state index contributed by atoms with van der Waals surface area (Å²) in [6, 6.07) is 25.9. The van der Waals surface area contributed by atoms with Gasteiger partial charge in [0, 0.05) is 63.1 Å². The summed E-state index contributed by atoms with van der Waals surface area (Å²) < 4.78 is 48.2. The van der Waals surface area contributed by atoms with Crippen LogP contribution in [0.25, 0.3) is 16.6 Å². The highest BCUT2D eigenvalue weighted by atomic mass is 35.5. The van der Waals surface area contributed by atoms with Crippen molar-refractivity contribution in [2.45, 2.75) is 45.0 Å². The maximum Gasteiger partial charge on any atom is 0.573 e. The first-order valence-electron chi connectivity index (χ1n) is 19.5. The summed E-state index contributed by atoms with van der Waals surface area (Å²) in [5.74, 6) is 0.802. The Bertz CT molecular complexity index is 2270. The number of fused-ring (bicyclic) bond motifs is 2. The van der Waals surface area contributed by atoms with Gasteiger partial charge in [-0.15, -0.1) is 13.2 Å². The predicted octanol–water partition coefficient (Wildman–Crippen LogP) is 8.14. The first-order chi connectivity index (χ1) is 28.1. The van der Waals surface area contributed by atoms with Crippen LogP contribution in [0.5, 0.6) is 5.75 Å². The summed E-state index contributed by atoms with van der Waals surface area (Å²) in [6.07, 6.45) is 1.06. The maximum atomic E-state index is 13.0. The van der Waals surface area contributed by atoms with Crippen molar-refractivity contribution in [2.24, 2.45) is 0 Å². The number of aryl methyl sites for hydroxylation is 1. The van der Waals surface area contributed by atoms with Gasteiger partial charge in [0.25, 0.3) is 5.91 Å². The molecule has 0 radical (unpaired) electrons. The molecule has 304 valence electrons. The van der Waals surface area contributed by atoms with Gasteiger partial charge in [0.05, 0.1) is 29.4 Å². The Morgan fingerprint density at radius 2 is 1.67 bits per heavy atom. The number of halogens is 4. The van der Waals surface area contributed by atoms with Crippen molar-refractivity contribution < 1.29 is 27.4 Å². The Morgan fingerprint density at radius 1 is 0.931 bits per heavy atom. The van der Waals surface area contributed by atoms with Gasteiger partial charge in [0.15, 0.2) is 0 Å². The molecular weight excluding hydrogens is 769 g/mol. The van der Waals surface area contributed by atoms with E-state index >= 15 is 0 Å². The number of piperidine rings is 1. The quantitative estimate of drug-likeness (QED) is 0.134. The highest BCUT2D eigenvalue weighted by molar-refractivity contribution is 6.30. The van der Waals surface area contributed by atoms with Crippen LogP contribution in [-0.4, -0.2) is 89.0 Å². The molecule has 8 rings (SSSR count). The van der Waals surface area contributed by atoms with Gasteiger partial charge < -0.3 is 25.0 Å². The van der Waals surface area contributed by atoms with Crippen molar-refractivity contribution in [3.8, 4) is 5.75 Å². The SMILES string of the molecule is CCc1nc2ccc(Cl)cn2c1C(=O)NCc1ccc(N2CCC(c3ccc(OC(F)(F)F)cc3)CC2)cc1.c1ccc2c(NCCN3CCOCC3)ncnc2c1. The molecule has 2 N–H and O–H groups in total. The second-order valence-electron chi connectivity index (χ2n) is 14.2. The monoisotopic (exact) mass is 814 g/mol. The number of carbonyl (C=O) groups is 1. The van der Waals surface area contributed by atoms with E-state index in [0.29, 0.717) is 29.3 Å². The van der Waals surface area contributed by atoms with E-state index in [0.717, 1.165) is 105 Å². The van der Waals surface area contributed by atoms with Crippen molar-refractivity contribution in [1.29, 1.82) is 0 Å². The van der Waals surface area contributed by atoms with Crippen LogP contribution in [0, 0.1) is 0 Å². The van der Waals surface area contributed by atoms with E-state index in [1.807, 2.05) is 43.3 Å². The Morgan fingerprint density at radius 3 is 2.40 bits per heavy atom. The van der Waals surface area contributed by atoms with Crippen LogP contribution in [0.4, 0.5) is 24.7 Å². The number of ether oxygens (including phenoxy) is 2. The third kappa shape index (κ3) is 10.5. The van der Waals surface area contributed by atoms with Crippen molar-refractivity contribution in [3.63, 3.8) is 0 Å². The summed E-state index contributed by atoms with van der Waals surface area (Å²) in [5.41, 5.74) is 5.98. The standard InChI is InChI=1S/C29H28ClF3N4O2.C14H18N4O/c1-2-25-27(37-18-22(30)7-12-26(37)35-25)28(38)34-17-19-3-8-23(9-4-19)36-15-13-21(14-16-36)20-5-10-24(11-6-20)39-29(31,32)33;1-2-4-13-12(3-1)14(17-11-16-13)15-5-6-18-7-9-19-10-8-18/h3-12,18,21H,2,13-17H2,1H3,(H,34,38);1-4,11H,5-10H2,(H,15,16,17). The van der Waals surface area contributed by atoms with Crippen molar-refractivity contribution in [3.05, 3.63) is 125 Å². The number of amides is 1. The van der Waals surface area contributed by atoms with Gasteiger partial charge >= 0.3 is 6.36 Å². The summed E-state index contributed by atoms with van der Waals surface area (Å²) in [6.45, 7) is 9.67. The number of alkyl halides is 3. The van der Waals surface area contributed by atoms with Crippen molar-refractivity contribution >= 4 is 45.6 Å². The molecule has 2 fully saturated rings. The summed E-state index contributed by atoms with van der Waals surface area (Å²) in [4.78, 5) is 30.9. The predicted molar refractivity (Wildman–Crippen MR) is 220 cm³/mol. The fraction of sp³-hybridized carbons (Fsp3) is 0.349. The summed E-state index contributed by atoms with van der Waals surface area (Å²) >= 11 is 6.14. The minimum atomic E-state index is -4.68. The third-order valence-electron chi connectivity index (χ3n) is 10.4. The number of benzene rings is 3. The molecule has 3 aromatic carbocycles. The van der Waals surface area contributed by atoms with Gasteiger partial charge in [-0.2, -0.15) is 0 Å². The van der Waals surface area contributed by atoms with Crippen LogP contribution in [0.15, 0.2) is 97.5 Å². The third-order valence-corrected chi connectivity index (χ3v) is 10.6. The average Bonchev–Trinajstić information content (AvgIpc) is 3.61. The van der Waals surface area contributed by atoms with Crippen LogP contribution in [-0.2, 0) is 17.7 Å². The number of hydrogen-bond donors (Lipinski definition) is 2. The number of nitrogens with zero attached hydrogens (tertiary/aromatic N) is 6. The zero-order valence-electron chi connectivity index (χ0n) is 32.2. The van der Waals surface area contributed by atoms with Crippen LogP contribution in [0.1, 0.15) is 53.0 Å². The molecule has 15 heteroatoms. The van der Waals surface area contributed by atoms with E-state index in [9.17, 15) is 18.0 Å². The number of pyridine rings is 1. The molecule has 0 spiro atoms. The van der Waals surface area contributed by atoms with E-state index in [1.54, 1.807) is 41.2 Å². The number of anilines is 2. The molecule has 2 saturated heterocycles. The van der Waals surface area contributed by atoms with E-state index in [1.165, 1.54) is 12.1 Å². The number of morpholine rings is 1. The highest BCUT2D eigenvalue weighted by Gasteiger charge is 2.31. The molecule has 3 aromatic heterocycles. The maximum absolute atomic E-state index is 13.0. The lowest BCUT2D eigenvalue weighted by Crippen LogP contribution is -2.39. The van der Waals surface area contributed by atoms with E-state index in [4.69, 9.17) is 16.3 Å². The van der Waals surface area contributed by atoms with E-state index in [2.05, 4.69) is 52.3 Å². The molecule has 0 unspecified atom stereocenters. The van der Waals surface area contributed by atoms with Crippen molar-refractivity contribution in [1.82, 2.24) is 29.6 Å². The molecule has 1 amide bonds. The van der Waals surface area contributed by atoms with Gasteiger partial charge in [-0.25, -0.2) is 15.0 Å². The Balaban J connectivity index is 0.000000224. The molecule has 6 aromatic rings. The lowest BCUT2D eigenvalue weighted by Gasteiger charge is -2.34. The topological polar surface area (TPSA) is 109 Å². The van der Waals surface area contributed by atoms with E-state index in [-0.39, 0.29) is 17.6 Å². The Labute approximate surface area is 340 Å². The van der Waals surface area contributed by atoms with Gasteiger partial charge in [0.2, 0.25) is 0 Å². The molecule has 0 aliphatic carbocycles. The zero-order chi connectivity index (χ0) is 40.5. The van der Waals surface area contributed by atoms with Crippen LogP contribution < -0.4 is 20.3 Å². The molecule has 11 nitrogen and oxygen atoms in total. The second-order valence-corrected chi connectivity index (χ2v) is 14.6. The highest BCUT2D eigenvalue weighted by Crippen LogP contribution is 2.32. The van der Waals surface area contributed by atoms with Crippen molar-refractivity contribution in [2.75, 3.05) is 62.7 Å². The van der Waals surface area contributed by atoms with Crippen LogP contribution in [0.2, 0.25) is 5.02 Å². The molecular formula is C43H46ClF3N8O3. The largest absolute Gasteiger partial charge is 0.573 e. The number of carbonyl (C=O) groups excluding carboxylic acids is 1. The molecule has 2 aliphatic rings. The second kappa shape index (κ2) is 18.9. The molecule has 0 atom stereocenters. The minimum Gasteiger partial charge on any atom is -0.406 e. The Kier molecular flexibility index (Phi) is 13.3. The number of rotatable bonds is 11. The molecule has 5 heterocycles. The fourth-order valence-electron chi connectivity index (χ4n) is 7.36. The summed E-state index contributed by atoms with van der Waals surface area (Å²) in [5, 5.41) is 8.01. The zero-order valence-corrected chi connectivity index (χ0v) is 33.0. The average molecular weight is 815 g/mol. The molecule has 0 bridgehead atoms. The lowest BCUT2D eigenvalue weighted by atomic mass is 9.89. The summed E-state index contributed by atoms with van der Waals surface area (Å²) in [7, 11) is 0. The molecule has 2 aliphatic heterocycles. The van der Waals surface area contributed by atoms with Gasteiger partial charge in [0.1, 0.15) is 29.2 Å². The smallest absolute Gasteiger partial charge is 0.406 e. The number of imidazole rings is 1. The molecule has 0 saturated carbocycles. The first kappa shape index (κ1) is 40.7. The van der Waals surface area contributed by atoms with Crippen LogP contribution >= 0.6 is 11.6 Å². The van der Waals surface area contributed by atoms with Gasteiger partial charge in [-0.3, -0.25) is 14.1 Å². The molecule has 58 heavy (non-hydrogen) atoms. The number of para-hydroxylation sites is 1. The normalized spacial score (nSPS) is 15.2.